The summed E-state index contributed by atoms with van der Waals surface area (Å²) in [7, 11) is 0. The fraction of sp³-hybridized carbons (Fsp3) is 0.381. The maximum absolute atomic E-state index is 12.7. The van der Waals surface area contributed by atoms with Gasteiger partial charge in [-0.25, -0.2) is 0 Å². The van der Waals surface area contributed by atoms with Crippen LogP contribution in [0.25, 0.3) is 0 Å². The van der Waals surface area contributed by atoms with Gasteiger partial charge in [-0.05, 0) is 36.5 Å². The van der Waals surface area contributed by atoms with Crippen LogP contribution in [0.5, 0.6) is 0 Å². The van der Waals surface area contributed by atoms with Crippen LogP contribution in [0.2, 0.25) is 0 Å². The van der Waals surface area contributed by atoms with Crippen molar-refractivity contribution >= 4 is 17.3 Å². The van der Waals surface area contributed by atoms with E-state index in [-0.39, 0.29) is 28.6 Å². The van der Waals surface area contributed by atoms with E-state index in [1.165, 1.54) is 0 Å². The first-order valence-electron chi connectivity index (χ1n) is 9.53. The van der Waals surface area contributed by atoms with E-state index in [0.29, 0.717) is 6.42 Å². The van der Waals surface area contributed by atoms with Gasteiger partial charge in [-0.3, -0.25) is 14.9 Å². The highest BCUT2D eigenvalue weighted by Gasteiger charge is 2.34. The van der Waals surface area contributed by atoms with Crippen molar-refractivity contribution < 1.29 is 9.72 Å². The van der Waals surface area contributed by atoms with Crippen LogP contribution < -0.4 is 5.32 Å². The molecule has 2 aromatic carbocycles. The summed E-state index contributed by atoms with van der Waals surface area (Å²) in [5.41, 5.74) is 3.29. The molecule has 1 saturated heterocycles. The SMILES string of the molecule is O=C1CCCCCN1[C@H]1C[C@@H](c2ccc([N+](=O)[O-])cc2)Nc2ccccc21. The number of carbonyl (C=O) groups is 1. The molecular formula is C21H23N3O3. The Labute approximate surface area is 158 Å². The molecule has 0 aliphatic carbocycles. The molecule has 4 rings (SSSR count). The third-order valence-corrected chi connectivity index (χ3v) is 5.60. The summed E-state index contributed by atoms with van der Waals surface area (Å²) in [6.45, 7) is 0.796. The molecule has 2 aliphatic rings. The van der Waals surface area contributed by atoms with Gasteiger partial charge in [0, 0.05) is 30.8 Å². The Kier molecular flexibility index (Phi) is 4.79. The minimum Gasteiger partial charge on any atom is -0.378 e. The maximum atomic E-state index is 12.7. The number of benzene rings is 2. The molecule has 0 aromatic heterocycles. The number of nitrogens with zero attached hydrogens (tertiary/aromatic N) is 2. The Balaban J connectivity index is 1.66. The number of rotatable bonds is 3. The molecule has 2 aliphatic heterocycles. The number of carbonyl (C=O) groups excluding carboxylic acids is 1. The molecule has 0 bridgehead atoms. The van der Waals surface area contributed by atoms with Crippen LogP contribution in [-0.4, -0.2) is 22.3 Å². The molecule has 6 heteroatoms. The largest absolute Gasteiger partial charge is 0.378 e. The lowest BCUT2D eigenvalue weighted by atomic mass is 9.88. The highest BCUT2D eigenvalue weighted by atomic mass is 16.6. The normalized spacial score (nSPS) is 22.5. The molecule has 6 nitrogen and oxygen atoms in total. The van der Waals surface area contributed by atoms with Gasteiger partial charge in [0.05, 0.1) is 17.0 Å². The van der Waals surface area contributed by atoms with Crippen molar-refractivity contribution in [2.24, 2.45) is 0 Å². The Bertz CT molecular complexity index is 850. The average Bonchev–Trinajstić information content (AvgIpc) is 2.91. The number of nitro groups is 1. The lowest BCUT2D eigenvalue weighted by Crippen LogP contribution is -2.38. The van der Waals surface area contributed by atoms with Crippen LogP contribution in [0, 0.1) is 10.1 Å². The molecule has 1 N–H and O–H groups in total. The number of hydrogen-bond donors (Lipinski definition) is 1. The quantitative estimate of drug-likeness (QED) is 0.637. The van der Waals surface area contributed by atoms with E-state index < -0.39 is 0 Å². The van der Waals surface area contributed by atoms with Crippen molar-refractivity contribution in [3.63, 3.8) is 0 Å². The number of nitro benzene ring substituents is 1. The van der Waals surface area contributed by atoms with E-state index in [1.54, 1.807) is 12.1 Å². The zero-order valence-corrected chi connectivity index (χ0v) is 15.1. The zero-order valence-electron chi connectivity index (χ0n) is 15.1. The highest BCUT2D eigenvalue weighted by Crippen LogP contribution is 2.42. The molecular weight excluding hydrogens is 342 g/mol. The molecule has 1 amide bonds. The van der Waals surface area contributed by atoms with Crippen LogP contribution in [0.3, 0.4) is 0 Å². The zero-order chi connectivity index (χ0) is 18.8. The summed E-state index contributed by atoms with van der Waals surface area (Å²) >= 11 is 0. The third-order valence-electron chi connectivity index (χ3n) is 5.60. The van der Waals surface area contributed by atoms with Crippen LogP contribution in [0.4, 0.5) is 11.4 Å². The van der Waals surface area contributed by atoms with Crippen LogP contribution in [0.15, 0.2) is 48.5 Å². The number of para-hydroxylation sites is 1. The Hall–Kier alpha value is -2.89. The molecule has 0 radical (unpaired) electrons. The number of hydrogen-bond acceptors (Lipinski definition) is 4. The molecule has 0 spiro atoms. The summed E-state index contributed by atoms with van der Waals surface area (Å²) in [4.78, 5) is 25.3. The molecule has 2 atom stereocenters. The Morgan fingerprint density at radius 1 is 1.04 bits per heavy atom. The Morgan fingerprint density at radius 3 is 2.59 bits per heavy atom. The van der Waals surface area contributed by atoms with Crippen molar-refractivity contribution in [2.75, 3.05) is 11.9 Å². The number of anilines is 1. The number of amides is 1. The molecule has 2 heterocycles. The molecule has 0 unspecified atom stereocenters. The topological polar surface area (TPSA) is 75.5 Å². The third kappa shape index (κ3) is 3.52. The number of fused-ring (bicyclic) bond motifs is 1. The van der Waals surface area contributed by atoms with Gasteiger partial charge in [-0.15, -0.1) is 0 Å². The van der Waals surface area contributed by atoms with Gasteiger partial charge in [0.2, 0.25) is 5.91 Å². The van der Waals surface area contributed by atoms with Gasteiger partial charge in [0.25, 0.3) is 5.69 Å². The number of likely N-dealkylation sites (tertiary alicyclic amines) is 1. The fourth-order valence-electron chi connectivity index (χ4n) is 4.19. The second kappa shape index (κ2) is 7.39. The van der Waals surface area contributed by atoms with E-state index in [0.717, 1.165) is 49.0 Å². The summed E-state index contributed by atoms with van der Waals surface area (Å²) < 4.78 is 0. The predicted molar refractivity (Wildman–Crippen MR) is 103 cm³/mol. The van der Waals surface area contributed by atoms with Crippen molar-refractivity contribution in [3.8, 4) is 0 Å². The highest BCUT2D eigenvalue weighted by molar-refractivity contribution is 5.77. The second-order valence-electron chi connectivity index (χ2n) is 7.28. The van der Waals surface area contributed by atoms with Gasteiger partial charge < -0.3 is 10.2 Å². The van der Waals surface area contributed by atoms with E-state index in [9.17, 15) is 14.9 Å². The Morgan fingerprint density at radius 2 is 1.81 bits per heavy atom. The maximum Gasteiger partial charge on any atom is 0.269 e. The van der Waals surface area contributed by atoms with E-state index in [1.807, 2.05) is 35.2 Å². The standard InChI is InChI=1S/C21H23N3O3/c25-21-8-2-1-5-13-23(21)20-14-19(22-18-7-4-3-6-17(18)20)15-9-11-16(12-10-15)24(26)27/h3-4,6-7,9-12,19-20,22H,1-2,5,8,13-14H2/t19-,20-/m0/s1. The van der Waals surface area contributed by atoms with Crippen molar-refractivity contribution in [1.29, 1.82) is 0 Å². The van der Waals surface area contributed by atoms with Crippen LogP contribution in [-0.2, 0) is 4.79 Å². The smallest absolute Gasteiger partial charge is 0.269 e. The van der Waals surface area contributed by atoms with Gasteiger partial charge in [0.1, 0.15) is 0 Å². The molecule has 1 fully saturated rings. The summed E-state index contributed by atoms with van der Waals surface area (Å²) in [5.74, 6) is 0.233. The molecule has 0 saturated carbocycles. The first-order chi connectivity index (χ1) is 13.1. The minimum absolute atomic E-state index is 0.0155. The lowest BCUT2D eigenvalue weighted by Gasteiger charge is -2.39. The molecule has 2 aromatic rings. The van der Waals surface area contributed by atoms with Crippen molar-refractivity contribution in [2.45, 2.75) is 44.2 Å². The number of non-ortho nitro benzene ring substituents is 1. The van der Waals surface area contributed by atoms with Crippen LogP contribution >= 0.6 is 0 Å². The van der Waals surface area contributed by atoms with E-state index in [4.69, 9.17) is 0 Å². The summed E-state index contributed by atoms with van der Waals surface area (Å²) in [5, 5.41) is 14.5. The number of nitrogens with one attached hydrogen (secondary N) is 1. The van der Waals surface area contributed by atoms with Gasteiger partial charge in [-0.1, -0.05) is 36.8 Å². The van der Waals surface area contributed by atoms with Gasteiger partial charge >= 0.3 is 0 Å². The van der Waals surface area contributed by atoms with Gasteiger partial charge in [-0.2, -0.15) is 0 Å². The monoisotopic (exact) mass is 365 g/mol. The predicted octanol–water partition coefficient (Wildman–Crippen LogP) is 4.60. The van der Waals surface area contributed by atoms with E-state index in [2.05, 4.69) is 11.4 Å². The lowest BCUT2D eigenvalue weighted by molar-refractivity contribution is -0.384. The molecule has 27 heavy (non-hydrogen) atoms. The van der Waals surface area contributed by atoms with Crippen molar-refractivity contribution in [3.05, 3.63) is 69.8 Å². The summed E-state index contributed by atoms with van der Waals surface area (Å²) in [6, 6.07) is 14.9. The van der Waals surface area contributed by atoms with Gasteiger partial charge in [0.15, 0.2) is 0 Å². The van der Waals surface area contributed by atoms with Crippen LogP contribution in [0.1, 0.15) is 55.3 Å². The summed E-state index contributed by atoms with van der Waals surface area (Å²) in [6.07, 6.45) is 4.49. The molecule has 140 valence electrons. The van der Waals surface area contributed by atoms with Crippen molar-refractivity contribution in [1.82, 2.24) is 4.90 Å². The first-order valence-corrected chi connectivity index (χ1v) is 9.53. The second-order valence-corrected chi connectivity index (χ2v) is 7.28. The average molecular weight is 365 g/mol. The first kappa shape index (κ1) is 17.5. The minimum atomic E-state index is -0.383. The fourth-order valence-corrected chi connectivity index (χ4v) is 4.19. The van der Waals surface area contributed by atoms with E-state index >= 15 is 0 Å².